The predicted molar refractivity (Wildman–Crippen MR) is 145 cm³/mol. The van der Waals surface area contributed by atoms with Gasteiger partial charge in [0.1, 0.15) is 29.9 Å². The first-order valence-electron chi connectivity index (χ1n) is 12.8. The second-order valence-electron chi connectivity index (χ2n) is 8.98. The standard InChI is InChI=1S/C29H36O8S/c30-26-25(37-29(28(32)27(26)31)38-24-8-2-1-3-9-24)20-36-17-15-34-13-12-33-14-16-35-19-21-10-11-22-6-4-5-7-23(22)18-21/h1-11,18,25-32H,12-17,19-20H2/t25-,26+,27+,28-,29+/m1/s1. The number of ether oxygens (including phenoxy) is 5. The SMILES string of the molecule is O[C@H]1[C@@H](O)[C@@H](COCCOCCOCCOCc2ccc3ccccc3c2)O[C@@H](Sc2ccccc2)[C@@H]1O. The van der Waals surface area contributed by atoms with Crippen LogP contribution in [0.25, 0.3) is 10.8 Å². The number of aliphatic hydroxyl groups is 3. The highest BCUT2D eigenvalue weighted by Gasteiger charge is 2.44. The minimum atomic E-state index is -1.32. The fourth-order valence-corrected chi connectivity index (χ4v) is 5.14. The highest BCUT2D eigenvalue weighted by atomic mass is 32.2. The van der Waals surface area contributed by atoms with Crippen molar-refractivity contribution in [2.24, 2.45) is 0 Å². The van der Waals surface area contributed by atoms with Crippen LogP contribution in [-0.4, -0.2) is 91.4 Å². The van der Waals surface area contributed by atoms with Gasteiger partial charge in [-0.05, 0) is 34.5 Å². The molecular weight excluding hydrogens is 508 g/mol. The number of rotatable bonds is 15. The molecule has 3 aromatic rings. The van der Waals surface area contributed by atoms with Crippen molar-refractivity contribution in [1.29, 1.82) is 0 Å². The number of benzene rings is 3. The largest absolute Gasteiger partial charge is 0.387 e. The molecule has 3 N–H and O–H groups in total. The van der Waals surface area contributed by atoms with Gasteiger partial charge in [-0.15, -0.1) is 0 Å². The van der Waals surface area contributed by atoms with Crippen LogP contribution in [-0.2, 0) is 30.3 Å². The van der Waals surface area contributed by atoms with E-state index < -0.39 is 29.9 Å². The first-order chi connectivity index (χ1) is 18.6. The summed E-state index contributed by atoms with van der Waals surface area (Å²) in [7, 11) is 0. The van der Waals surface area contributed by atoms with Gasteiger partial charge in [-0.2, -0.15) is 0 Å². The molecule has 206 valence electrons. The molecule has 0 saturated carbocycles. The van der Waals surface area contributed by atoms with Crippen molar-refractivity contribution in [3.63, 3.8) is 0 Å². The Balaban J connectivity index is 1.02. The zero-order valence-corrected chi connectivity index (χ0v) is 22.1. The number of hydrogen-bond donors (Lipinski definition) is 3. The summed E-state index contributed by atoms with van der Waals surface area (Å²) in [4.78, 5) is 0.895. The Morgan fingerprint density at radius 1 is 0.632 bits per heavy atom. The minimum absolute atomic E-state index is 0.0746. The molecule has 1 saturated heterocycles. The zero-order chi connectivity index (χ0) is 26.6. The molecular formula is C29H36O8S. The Bertz CT molecular complexity index is 1080. The second-order valence-corrected chi connectivity index (χ2v) is 10.2. The van der Waals surface area contributed by atoms with E-state index in [1.54, 1.807) is 0 Å². The van der Waals surface area contributed by atoms with Crippen LogP contribution < -0.4 is 0 Å². The van der Waals surface area contributed by atoms with Gasteiger partial charge in [-0.25, -0.2) is 0 Å². The predicted octanol–water partition coefficient (Wildman–Crippen LogP) is 3.01. The van der Waals surface area contributed by atoms with E-state index in [-0.39, 0.29) is 6.61 Å². The fourth-order valence-electron chi connectivity index (χ4n) is 4.06. The van der Waals surface area contributed by atoms with Crippen molar-refractivity contribution < 1.29 is 39.0 Å². The van der Waals surface area contributed by atoms with Crippen molar-refractivity contribution in [3.05, 3.63) is 78.4 Å². The maximum atomic E-state index is 10.3. The lowest BCUT2D eigenvalue weighted by Crippen LogP contribution is -2.57. The number of thioether (sulfide) groups is 1. The third-order valence-electron chi connectivity index (χ3n) is 6.14. The molecule has 9 heteroatoms. The molecule has 3 aromatic carbocycles. The van der Waals surface area contributed by atoms with Crippen molar-refractivity contribution in [2.45, 2.75) is 41.4 Å². The smallest absolute Gasteiger partial charge is 0.136 e. The molecule has 38 heavy (non-hydrogen) atoms. The van der Waals surface area contributed by atoms with Crippen LogP contribution in [0.1, 0.15) is 5.56 Å². The number of aliphatic hydroxyl groups excluding tert-OH is 3. The van der Waals surface area contributed by atoms with Crippen LogP contribution in [0.15, 0.2) is 77.7 Å². The maximum Gasteiger partial charge on any atom is 0.136 e. The minimum Gasteiger partial charge on any atom is -0.387 e. The summed E-state index contributed by atoms with van der Waals surface area (Å²) in [6, 6.07) is 24.0. The van der Waals surface area contributed by atoms with Crippen LogP contribution >= 0.6 is 11.8 Å². The summed E-state index contributed by atoms with van der Waals surface area (Å²) in [5, 5.41) is 33.2. The van der Waals surface area contributed by atoms with E-state index in [1.807, 2.05) is 42.5 Å². The highest BCUT2D eigenvalue weighted by molar-refractivity contribution is 7.99. The van der Waals surface area contributed by atoms with Crippen molar-refractivity contribution in [2.75, 3.05) is 46.2 Å². The summed E-state index contributed by atoms with van der Waals surface area (Å²) < 4.78 is 28.2. The van der Waals surface area contributed by atoms with Crippen LogP contribution in [0.2, 0.25) is 0 Å². The molecule has 1 aliphatic heterocycles. The lowest BCUT2D eigenvalue weighted by Gasteiger charge is -2.40. The molecule has 0 radical (unpaired) electrons. The molecule has 8 nitrogen and oxygen atoms in total. The van der Waals surface area contributed by atoms with Gasteiger partial charge in [0.25, 0.3) is 0 Å². The molecule has 5 atom stereocenters. The summed E-state index contributed by atoms with van der Waals surface area (Å²) in [6.45, 7) is 3.15. The van der Waals surface area contributed by atoms with Crippen LogP contribution in [0.5, 0.6) is 0 Å². The summed E-state index contributed by atoms with van der Waals surface area (Å²) in [5.74, 6) is 0. The van der Waals surface area contributed by atoms with E-state index in [4.69, 9.17) is 23.7 Å². The van der Waals surface area contributed by atoms with Crippen LogP contribution in [0.3, 0.4) is 0 Å². The van der Waals surface area contributed by atoms with Gasteiger partial charge in [-0.3, -0.25) is 0 Å². The molecule has 0 aliphatic carbocycles. The fraction of sp³-hybridized carbons (Fsp3) is 0.448. The van der Waals surface area contributed by atoms with Crippen LogP contribution in [0, 0.1) is 0 Å². The third kappa shape index (κ3) is 8.74. The van der Waals surface area contributed by atoms with E-state index in [2.05, 4.69) is 30.3 Å². The number of fused-ring (bicyclic) bond motifs is 1. The zero-order valence-electron chi connectivity index (χ0n) is 21.3. The molecule has 0 amide bonds. The molecule has 1 aliphatic rings. The lowest BCUT2D eigenvalue weighted by atomic mass is 10.0. The van der Waals surface area contributed by atoms with Gasteiger partial charge in [0.2, 0.25) is 0 Å². The van der Waals surface area contributed by atoms with Gasteiger partial charge < -0.3 is 39.0 Å². The Morgan fingerprint density at radius 3 is 2.00 bits per heavy atom. The van der Waals surface area contributed by atoms with Gasteiger partial charge in [0, 0.05) is 4.90 Å². The van der Waals surface area contributed by atoms with Crippen molar-refractivity contribution in [1.82, 2.24) is 0 Å². The molecule has 4 rings (SSSR count). The summed E-state index contributed by atoms with van der Waals surface area (Å²) >= 11 is 1.29. The lowest BCUT2D eigenvalue weighted by molar-refractivity contribution is -0.210. The van der Waals surface area contributed by atoms with Gasteiger partial charge in [-0.1, -0.05) is 66.4 Å². The molecule has 0 aromatic heterocycles. The first kappa shape index (κ1) is 28.9. The molecule has 0 bridgehead atoms. The van der Waals surface area contributed by atoms with Crippen LogP contribution in [0.4, 0.5) is 0 Å². The quantitative estimate of drug-likeness (QED) is 0.249. The van der Waals surface area contributed by atoms with E-state index in [0.29, 0.717) is 46.2 Å². The van der Waals surface area contributed by atoms with E-state index in [1.165, 1.54) is 22.5 Å². The average molecular weight is 545 g/mol. The van der Waals surface area contributed by atoms with Gasteiger partial charge in [0.05, 0.1) is 52.9 Å². The monoisotopic (exact) mass is 544 g/mol. The van der Waals surface area contributed by atoms with E-state index in [9.17, 15) is 15.3 Å². The maximum absolute atomic E-state index is 10.3. The van der Waals surface area contributed by atoms with Crippen molar-refractivity contribution >= 4 is 22.5 Å². The average Bonchev–Trinajstić information content (AvgIpc) is 2.95. The van der Waals surface area contributed by atoms with Gasteiger partial charge in [0.15, 0.2) is 0 Å². The van der Waals surface area contributed by atoms with E-state index in [0.717, 1.165) is 10.5 Å². The Morgan fingerprint density at radius 2 is 1.26 bits per heavy atom. The highest BCUT2D eigenvalue weighted by Crippen LogP contribution is 2.33. The second kappa shape index (κ2) is 15.5. The first-order valence-corrected chi connectivity index (χ1v) is 13.7. The number of hydrogen-bond acceptors (Lipinski definition) is 9. The summed E-state index contributed by atoms with van der Waals surface area (Å²) in [5.41, 5.74) is 0.420. The third-order valence-corrected chi connectivity index (χ3v) is 7.31. The van der Waals surface area contributed by atoms with E-state index >= 15 is 0 Å². The normalized spacial score (nSPS) is 23.6. The Hall–Kier alpha value is -2.05. The topological polar surface area (TPSA) is 107 Å². The molecule has 0 spiro atoms. The summed E-state index contributed by atoms with van der Waals surface area (Å²) in [6.07, 6.45) is -4.52. The Labute approximate surface area is 227 Å². The molecule has 1 fully saturated rings. The molecule has 0 unspecified atom stereocenters. The molecule has 1 heterocycles. The van der Waals surface area contributed by atoms with Crippen molar-refractivity contribution in [3.8, 4) is 0 Å². The van der Waals surface area contributed by atoms with Gasteiger partial charge >= 0.3 is 0 Å². The Kier molecular flexibility index (Phi) is 11.8.